The number of halogens is 1. The Morgan fingerprint density at radius 3 is 2.25 bits per heavy atom. The highest BCUT2D eigenvalue weighted by molar-refractivity contribution is 6.09. The monoisotopic (exact) mass is 759 g/mol. The number of aromatic nitrogens is 3. The first-order valence-corrected chi connectivity index (χ1v) is 20.0. The van der Waals surface area contributed by atoms with Crippen LogP contribution in [0.5, 0.6) is 0 Å². The van der Waals surface area contributed by atoms with Crippen LogP contribution < -0.4 is 30.5 Å². The topological polar surface area (TPSA) is 102 Å². The molecule has 13 heteroatoms. The first-order chi connectivity index (χ1) is 27.0. The quantitative estimate of drug-likeness (QED) is 0.225. The minimum Gasteiger partial charge on any atom is -0.371 e. The van der Waals surface area contributed by atoms with E-state index in [2.05, 4.69) is 79.5 Å². The summed E-state index contributed by atoms with van der Waals surface area (Å²) in [6.07, 6.45) is 4.29. The average Bonchev–Trinajstić information content (AvgIpc) is 3.51. The van der Waals surface area contributed by atoms with Crippen LogP contribution in [-0.4, -0.2) is 90.6 Å². The van der Waals surface area contributed by atoms with Gasteiger partial charge in [-0.05, 0) is 106 Å². The Hall–Kier alpha value is -5.43. The van der Waals surface area contributed by atoms with Gasteiger partial charge in [0.05, 0.1) is 33.8 Å². The molecule has 12 nitrogen and oxygen atoms in total. The molecule has 0 aliphatic carbocycles. The van der Waals surface area contributed by atoms with Crippen molar-refractivity contribution in [2.75, 3.05) is 79.0 Å². The number of carbonyl (C=O) groups is 2. The van der Waals surface area contributed by atoms with Gasteiger partial charge >= 0.3 is 6.03 Å². The van der Waals surface area contributed by atoms with E-state index in [0.717, 1.165) is 93.5 Å². The number of carbonyl (C=O) groups excluding carboxylic acids is 2. The molecular weight excluding hydrogens is 710 g/mol. The van der Waals surface area contributed by atoms with Crippen molar-refractivity contribution in [3.05, 3.63) is 81.9 Å². The highest BCUT2D eigenvalue weighted by atomic mass is 19.1. The van der Waals surface area contributed by atoms with E-state index in [-0.39, 0.29) is 30.2 Å². The number of hydrogen-bond acceptors (Lipinski definition) is 8. The Bertz CT molecular complexity index is 2430. The average molecular weight is 760 g/mol. The van der Waals surface area contributed by atoms with Crippen molar-refractivity contribution < 1.29 is 14.0 Å². The van der Waals surface area contributed by atoms with Gasteiger partial charge in [-0.2, -0.15) is 5.10 Å². The summed E-state index contributed by atoms with van der Waals surface area (Å²) in [5.41, 5.74) is 8.02. The maximum atomic E-state index is 15.7. The molecule has 6 heterocycles. The van der Waals surface area contributed by atoms with E-state index in [9.17, 15) is 14.4 Å². The predicted molar refractivity (Wildman–Crippen MR) is 220 cm³/mol. The van der Waals surface area contributed by atoms with E-state index in [1.165, 1.54) is 33.6 Å². The number of likely N-dealkylation sites (tertiary alicyclic amines) is 1. The number of para-hydroxylation sites is 2. The molecule has 1 N–H and O–H groups in total. The Morgan fingerprint density at radius 1 is 0.750 bits per heavy atom. The van der Waals surface area contributed by atoms with Gasteiger partial charge in [0, 0.05) is 83.2 Å². The zero-order valence-electron chi connectivity index (χ0n) is 32.7. The van der Waals surface area contributed by atoms with Crippen LogP contribution >= 0.6 is 0 Å². The fourth-order valence-corrected chi connectivity index (χ4v) is 9.56. The van der Waals surface area contributed by atoms with E-state index >= 15 is 4.39 Å². The second-order valence-electron chi connectivity index (χ2n) is 16.3. The molecule has 0 spiro atoms. The number of likely N-dealkylation sites (N-methyl/N-ethyl adjacent to an activating group) is 1. The van der Waals surface area contributed by atoms with Gasteiger partial charge in [-0.25, -0.2) is 9.18 Å². The number of benzene rings is 3. The van der Waals surface area contributed by atoms with Crippen LogP contribution in [0.1, 0.15) is 49.1 Å². The maximum absolute atomic E-state index is 15.7. The van der Waals surface area contributed by atoms with Gasteiger partial charge in [0.15, 0.2) is 5.82 Å². The molecule has 5 aromatic rings. The molecule has 3 amide bonds. The van der Waals surface area contributed by atoms with Crippen molar-refractivity contribution in [1.82, 2.24) is 24.6 Å². The molecule has 292 valence electrons. The summed E-state index contributed by atoms with van der Waals surface area (Å²) in [6.45, 7) is 8.57. The van der Waals surface area contributed by atoms with Crippen LogP contribution in [-0.2, 0) is 18.9 Å². The number of urea groups is 1. The third-order valence-corrected chi connectivity index (χ3v) is 12.8. The SMILES string of the molecule is Cc1cc2c(N3CCN(C)c4ccccc43)cc(C3CCN(CC4CCN(c5cc6c(cc5F)c(N5CCC(=O)NC5=O)nn6C)CC4)CC3)cc2n(C)c1=O. The number of imide groups is 1. The summed E-state index contributed by atoms with van der Waals surface area (Å²) in [7, 11) is 5.85. The Balaban J connectivity index is 0.872. The molecule has 0 atom stereocenters. The van der Waals surface area contributed by atoms with Gasteiger partial charge in [-0.3, -0.25) is 24.5 Å². The number of fused-ring (bicyclic) bond motifs is 3. The highest BCUT2D eigenvalue weighted by Crippen LogP contribution is 2.43. The number of pyridine rings is 1. The third kappa shape index (κ3) is 6.35. The number of aryl methyl sites for hydroxylation is 3. The van der Waals surface area contributed by atoms with E-state index < -0.39 is 6.03 Å². The number of nitrogens with one attached hydrogen (secondary N) is 1. The Labute approximate surface area is 326 Å². The van der Waals surface area contributed by atoms with E-state index in [1.807, 2.05) is 24.6 Å². The molecule has 4 aliphatic heterocycles. The molecule has 56 heavy (non-hydrogen) atoms. The third-order valence-electron chi connectivity index (χ3n) is 12.8. The summed E-state index contributed by atoms with van der Waals surface area (Å²) < 4.78 is 19.3. The molecule has 3 aromatic carbocycles. The minimum absolute atomic E-state index is 0.0534. The largest absolute Gasteiger partial charge is 0.371 e. The molecule has 9 rings (SSSR count). The number of anilines is 5. The smallest absolute Gasteiger partial charge is 0.329 e. The molecule has 3 fully saturated rings. The fraction of sp³-hybridized carbons (Fsp3) is 0.442. The van der Waals surface area contributed by atoms with Crippen molar-refractivity contribution in [3.8, 4) is 0 Å². The summed E-state index contributed by atoms with van der Waals surface area (Å²) in [4.78, 5) is 48.3. The second-order valence-corrected chi connectivity index (χ2v) is 16.3. The molecule has 4 aliphatic rings. The van der Waals surface area contributed by atoms with Crippen LogP contribution in [0.25, 0.3) is 21.8 Å². The van der Waals surface area contributed by atoms with E-state index in [1.54, 1.807) is 11.7 Å². The molecule has 0 radical (unpaired) electrons. The van der Waals surface area contributed by atoms with Gasteiger partial charge in [0.2, 0.25) is 5.91 Å². The molecule has 0 unspecified atom stereocenters. The van der Waals surface area contributed by atoms with Gasteiger partial charge in [0.25, 0.3) is 5.56 Å². The Kier molecular flexibility index (Phi) is 9.22. The molecular formula is C43H50FN9O3. The molecule has 0 bridgehead atoms. The lowest BCUT2D eigenvalue weighted by Crippen LogP contribution is -2.49. The summed E-state index contributed by atoms with van der Waals surface area (Å²) in [5.74, 6) is 0.668. The predicted octanol–water partition coefficient (Wildman–Crippen LogP) is 6.00. The van der Waals surface area contributed by atoms with Crippen molar-refractivity contribution >= 4 is 62.3 Å². The number of nitrogens with zero attached hydrogens (tertiary/aromatic N) is 8. The zero-order valence-corrected chi connectivity index (χ0v) is 32.7. The summed E-state index contributed by atoms with van der Waals surface area (Å²) in [5, 5.41) is 8.54. The number of hydrogen-bond donors (Lipinski definition) is 1. The fourth-order valence-electron chi connectivity index (χ4n) is 9.56. The van der Waals surface area contributed by atoms with Crippen molar-refractivity contribution in [2.45, 2.75) is 44.9 Å². The van der Waals surface area contributed by atoms with Crippen molar-refractivity contribution in [1.29, 1.82) is 0 Å². The van der Waals surface area contributed by atoms with Crippen LogP contribution in [0, 0.1) is 18.7 Å². The lowest BCUT2D eigenvalue weighted by atomic mass is 9.87. The standard InChI is InChI=1S/C43H50FN9O3/c1-27-21-31-36(48(3)42(27)55)22-30(23-38(31)52-20-19-47(2)34-7-5-6-8-35(34)52)29-11-14-50(15-12-29)26-28-9-16-51(17-10-28)39-25-37-32(24-33(39)44)41(46-49(37)4)53-18-13-40(54)45-43(53)56/h5-8,21-25,28-29H,9-20,26H2,1-4H3,(H,45,54,56). The van der Waals surface area contributed by atoms with Crippen LogP contribution in [0.15, 0.2) is 59.4 Å². The van der Waals surface area contributed by atoms with Crippen LogP contribution in [0.2, 0.25) is 0 Å². The van der Waals surface area contributed by atoms with Crippen LogP contribution in [0.4, 0.5) is 37.8 Å². The molecule has 2 aromatic heterocycles. The lowest BCUT2D eigenvalue weighted by Gasteiger charge is -2.39. The molecule has 3 saturated heterocycles. The molecule has 0 saturated carbocycles. The highest BCUT2D eigenvalue weighted by Gasteiger charge is 2.31. The van der Waals surface area contributed by atoms with E-state index in [4.69, 9.17) is 0 Å². The number of rotatable bonds is 6. The van der Waals surface area contributed by atoms with Gasteiger partial charge in [-0.15, -0.1) is 0 Å². The van der Waals surface area contributed by atoms with Crippen LogP contribution in [0.3, 0.4) is 0 Å². The van der Waals surface area contributed by atoms with Gasteiger partial charge in [-0.1, -0.05) is 12.1 Å². The maximum Gasteiger partial charge on any atom is 0.329 e. The summed E-state index contributed by atoms with van der Waals surface area (Å²) >= 11 is 0. The zero-order chi connectivity index (χ0) is 38.8. The number of piperidine rings is 2. The van der Waals surface area contributed by atoms with Gasteiger partial charge in [0.1, 0.15) is 5.82 Å². The first kappa shape index (κ1) is 36.2. The van der Waals surface area contributed by atoms with Gasteiger partial charge < -0.3 is 24.2 Å². The van der Waals surface area contributed by atoms with Crippen molar-refractivity contribution in [2.24, 2.45) is 20.0 Å². The second kappa shape index (κ2) is 14.3. The Morgan fingerprint density at radius 2 is 1.50 bits per heavy atom. The van der Waals surface area contributed by atoms with Crippen molar-refractivity contribution in [3.63, 3.8) is 0 Å². The minimum atomic E-state index is -0.532. The van der Waals surface area contributed by atoms with E-state index in [0.29, 0.717) is 28.7 Å². The lowest BCUT2D eigenvalue weighted by molar-refractivity contribution is -0.120. The first-order valence-electron chi connectivity index (χ1n) is 20.0. The normalized spacial score (nSPS) is 19.0. The number of amides is 3. The summed E-state index contributed by atoms with van der Waals surface area (Å²) in [6, 6.07) is 18.2.